The minimum absolute atomic E-state index is 0.481. The topological polar surface area (TPSA) is 38.1 Å². The van der Waals surface area contributed by atoms with Crippen molar-refractivity contribution in [3.63, 3.8) is 0 Å². The standard InChI is InChI=1S/C15H20N2O/c1-2-16-15(11-13-8-10-18-12-13)7-6-14-5-3-4-9-17-14/h3-5,8-10,12,15-16H,2,6-7,11H2,1H3. The molecule has 2 aromatic rings. The number of nitrogens with one attached hydrogen (secondary N) is 1. The maximum atomic E-state index is 5.12. The summed E-state index contributed by atoms with van der Waals surface area (Å²) in [5.41, 5.74) is 2.41. The lowest BCUT2D eigenvalue weighted by Gasteiger charge is -2.16. The Morgan fingerprint density at radius 1 is 1.33 bits per heavy atom. The van der Waals surface area contributed by atoms with Gasteiger partial charge in [-0.2, -0.15) is 0 Å². The maximum Gasteiger partial charge on any atom is 0.0935 e. The third kappa shape index (κ3) is 4.00. The van der Waals surface area contributed by atoms with Crippen LogP contribution in [0.25, 0.3) is 0 Å². The van der Waals surface area contributed by atoms with E-state index < -0.39 is 0 Å². The van der Waals surface area contributed by atoms with Crippen LogP contribution in [0.1, 0.15) is 24.6 Å². The van der Waals surface area contributed by atoms with Crippen LogP contribution in [0, 0.1) is 0 Å². The largest absolute Gasteiger partial charge is 0.472 e. The third-order valence-electron chi connectivity index (χ3n) is 3.03. The van der Waals surface area contributed by atoms with Crippen molar-refractivity contribution in [2.45, 2.75) is 32.2 Å². The van der Waals surface area contributed by atoms with Gasteiger partial charge in [0.05, 0.1) is 12.5 Å². The molecular formula is C15H20N2O. The second-order valence-corrected chi connectivity index (χ2v) is 4.45. The Morgan fingerprint density at radius 2 is 2.28 bits per heavy atom. The highest BCUT2D eigenvalue weighted by Gasteiger charge is 2.09. The summed E-state index contributed by atoms with van der Waals surface area (Å²) in [5.74, 6) is 0. The molecule has 0 aromatic carbocycles. The zero-order valence-corrected chi connectivity index (χ0v) is 10.8. The molecule has 0 spiro atoms. The zero-order valence-electron chi connectivity index (χ0n) is 10.8. The van der Waals surface area contributed by atoms with Crippen molar-refractivity contribution in [3.8, 4) is 0 Å². The fourth-order valence-corrected chi connectivity index (χ4v) is 2.13. The summed E-state index contributed by atoms with van der Waals surface area (Å²) in [4.78, 5) is 4.36. The first-order chi connectivity index (χ1) is 8.88. The first-order valence-electron chi connectivity index (χ1n) is 6.53. The van der Waals surface area contributed by atoms with Crippen LogP contribution in [0.4, 0.5) is 0 Å². The number of rotatable bonds is 7. The molecule has 3 heteroatoms. The van der Waals surface area contributed by atoms with Crippen molar-refractivity contribution >= 4 is 0 Å². The number of aryl methyl sites for hydroxylation is 1. The van der Waals surface area contributed by atoms with Crippen LogP contribution >= 0.6 is 0 Å². The number of furan rings is 1. The number of nitrogens with zero attached hydrogens (tertiary/aromatic N) is 1. The van der Waals surface area contributed by atoms with E-state index in [1.807, 2.05) is 30.7 Å². The van der Waals surface area contributed by atoms with E-state index in [9.17, 15) is 0 Å². The summed E-state index contributed by atoms with van der Waals surface area (Å²) >= 11 is 0. The van der Waals surface area contributed by atoms with Gasteiger partial charge < -0.3 is 9.73 Å². The van der Waals surface area contributed by atoms with Crippen LogP contribution in [-0.4, -0.2) is 17.6 Å². The molecule has 0 aliphatic rings. The van der Waals surface area contributed by atoms with E-state index in [1.165, 1.54) is 5.56 Å². The quantitative estimate of drug-likeness (QED) is 0.814. The number of pyridine rings is 1. The zero-order chi connectivity index (χ0) is 12.6. The number of hydrogen-bond acceptors (Lipinski definition) is 3. The molecule has 2 aromatic heterocycles. The molecule has 1 N–H and O–H groups in total. The average molecular weight is 244 g/mol. The summed E-state index contributed by atoms with van der Waals surface area (Å²) in [6, 6.07) is 8.60. The molecule has 0 saturated carbocycles. The Morgan fingerprint density at radius 3 is 2.94 bits per heavy atom. The van der Waals surface area contributed by atoms with Crippen molar-refractivity contribution in [3.05, 3.63) is 54.2 Å². The van der Waals surface area contributed by atoms with Gasteiger partial charge >= 0.3 is 0 Å². The summed E-state index contributed by atoms with van der Waals surface area (Å²) in [6.07, 6.45) is 8.53. The van der Waals surface area contributed by atoms with E-state index in [0.717, 1.165) is 31.5 Å². The first-order valence-corrected chi connectivity index (χ1v) is 6.53. The fourth-order valence-electron chi connectivity index (χ4n) is 2.13. The van der Waals surface area contributed by atoms with Crippen LogP contribution in [0.5, 0.6) is 0 Å². The van der Waals surface area contributed by atoms with E-state index in [4.69, 9.17) is 4.42 Å². The van der Waals surface area contributed by atoms with Crippen LogP contribution in [0.2, 0.25) is 0 Å². The van der Waals surface area contributed by atoms with E-state index in [-0.39, 0.29) is 0 Å². The van der Waals surface area contributed by atoms with E-state index in [0.29, 0.717) is 6.04 Å². The highest BCUT2D eigenvalue weighted by atomic mass is 16.3. The fraction of sp³-hybridized carbons (Fsp3) is 0.400. The maximum absolute atomic E-state index is 5.12. The Hall–Kier alpha value is -1.61. The predicted octanol–water partition coefficient (Wildman–Crippen LogP) is 2.83. The number of aromatic nitrogens is 1. The van der Waals surface area contributed by atoms with Crippen molar-refractivity contribution in [1.82, 2.24) is 10.3 Å². The Labute approximate surface area is 108 Å². The Kier molecular flexibility index (Phi) is 4.97. The summed E-state index contributed by atoms with van der Waals surface area (Å²) in [5, 5.41) is 3.52. The lowest BCUT2D eigenvalue weighted by atomic mass is 10.0. The van der Waals surface area contributed by atoms with Crippen molar-refractivity contribution in [2.75, 3.05) is 6.54 Å². The lowest BCUT2D eigenvalue weighted by molar-refractivity contribution is 0.484. The molecule has 3 nitrogen and oxygen atoms in total. The van der Waals surface area contributed by atoms with Gasteiger partial charge in [0.25, 0.3) is 0 Å². The molecule has 0 aliphatic heterocycles. The Bertz CT molecular complexity index is 425. The van der Waals surface area contributed by atoms with Gasteiger partial charge in [0.1, 0.15) is 0 Å². The van der Waals surface area contributed by atoms with Crippen LogP contribution < -0.4 is 5.32 Å². The van der Waals surface area contributed by atoms with Gasteiger partial charge in [-0.15, -0.1) is 0 Å². The average Bonchev–Trinajstić information content (AvgIpc) is 2.90. The van der Waals surface area contributed by atoms with Gasteiger partial charge in [0, 0.05) is 17.9 Å². The van der Waals surface area contributed by atoms with Gasteiger partial charge in [-0.1, -0.05) is 13.0 Å². The molecule has 0 fully saturated rings. The molecule has 2 heterocycles. The number of likely N-dealkylation sites (N-methyl/N-ethyl adjacent to an activating group) is 1. The minimum atomic E-state index is 0.481. The highest BCUT2D eigenvalue weighted by molar-refractivity contribution is 5.08. The second-order valence-electron chi connectivity index (χ2n) is 4.45. The predicted molar refractivity (Wildman–Crippen MR) is 72.4 cm³/mol. The molecular weight excluding hydrogens is 224 g/mol. The lowest BCUT2D eigenvalue weighted by Crippen LogP contribution is -2.31. The summed E-state index contributed by atoms with van der Waals surface area (Å²) in [6.45, 7) is 3.13. The molecule has 1 atom stereocenters. The van der Waals surface area contributed by atoms with Crippen LogP contribution in [0.3, 0.4) is 0 Å². The summed E-state index contributed by atoms with van der Waals surface area (Å²) < 4.78 is 5.12. The number of hydrogen-bond donors (Lipinski definition) is 1. The van der Waals surface area contributed by atoms with Gasteiger partial charge in [-0.05, 0) is 49.6 Å². The van der Waals surface area contributed by atoms with E-state index in [1.54, 1.807) is 6.26 Å². The van der Waals surface area contributed by atoms with Crippen molar-refractivity contribution in [1.29, 1.82) is 0 Å². The normalized spacial score (nSPS) is 12.5. The molecule has 1 unspecified atom stereocenters. The molecule has 0 radical (unpaired) electrons. The SMILES string of the molecule is CCNC(CCc1ccccn1)Cc1ccoc1. The smallest absolute Gasteiger partial charge is 0.0935 e. The monoisotopic (exact) mass is 244 g/mol. The molecule has 96 valence electrons. The van der Waals surface area contributed by atoms with Gasteiger partial charge in [-0.25, -0.2) is 0 Å². The second kappa shape index (κ2) is 6.97. The molecule has 0 saturated heterocycles. The van der Waals surface area contributed by atoms with Crippen molar-refractivity contribution < 1.29 is 4.42 Å². The molecule has 0 aliphatic carbocycles. The Balaban J connectivity index is 1.86. The third-order valence-corrected chi connectivity index (χ3v) is 3.03. The molecule has 0 bridgehead atoms. The van der Waals surface area contributed by atoms with E-state index in [2.05, 4.69) is 23.3 Å². The van der Waals surface area contributed by atoms with Crippen molar-refractivity contribution in [2.24, 2.45) is 0 Å². The van der Waals surface area contributed by atoms with Crippen LogP contribution in [0.15, 0.2) is 47.4 Å². The van der Waals surface area contributed by atoms with Gasteiger partial charge in [-0.3, -0.25) is 4.98 Å². The van der Waals surface area contributed by atoms with Gasteiger partial charge in [0.15, 0.2) is 0 Å². The first kappa shape index (κ1) is 12.8. The minimum Gasteiger partial charge on any atom is -0.472 e. The molecule has 2 rings (SSSR count). The van der Waals surface area contributed by atoms with Gasteiger partial charge in [0.2, 0.25) is 0 Å². The molecule has 18 heavy (non-hydrogen) atoms. The molecule has 0 amide bonds. The van der Waals surface area contributed by atoms with E-state index >= 15 is 0 Å². The highest BCUT2D eigenvalue weighted by Crippen LogP contribution is 2.09. The summed E-state index contributed by atoms with van der Waals surface area (Å²) in [7, 11) is 0. The van der Waals surface area contributed by atoms with Crippen LogP contribution in [-0.2, 0) is 12.8 Å².